The Morgan fingerprint density at radius 3 is 1.90 bits per heavy atom. The lowest BCUT2D eigenvalue weighted by Crippen LogP contribution is -2.71. The van der Waals surface area contributed by atoms with E-state index in [9.17, 15) is 9.59 Å². The predicted octanol–water partition coefficient (Wildman–Crippen LogP) is 3.04. The molecule has 0 N–H and O–H groups in total. The zero-order valence-corrected chi connectivity index (χ0v) is 18.9. The molecule has 30 heavy (non-hydrogen) atoms. The molecule has 1 heterocycles. The van der Waals surface area contributed by atoms with Gasteiger partial charge in [0.15, 0.2) is 10.7 Å². The van der Waals surface area contributed by atoms with Crippen LogP contribution in [-0.4, -0.2) is 53.8 Å². The molecule has 3 rings (SSSR count). The highest BCUT2D eigenvalue weighted by Crippen LogP contribution is 2.45. The number of benzene rings is 2. The SMILES string of the molecule is COCC1C(=O)C(S)(Cc2ccccc2)N(COC)C(=O)C1(S)Cc1ccccc1. The molecule has 3 unspecified atom stereocenters. The number of methoxy groups -OCH3 is 2. The molecule has 5 nitrogen and oxygen atoms in total. The van der Waals surface area contributed by atoms with Crippen LogP contribution in [0.5, 0.6) is 0 Å². The molecular weight excluding hydrogens is 418 g/mol. The molecular formula is C23H27NO4S2. The molecule has 1 amide bonds. The molecule has 0 aromatic heterocycles. The first-order valence-electron chi connectivity index (χ1n) is 9.73. The normalized spacial score (nSPS) is 26.8. The van der Waals surface area contributed by atoms with Gasteiger partial charge in [0.05, 0.1) is 12.5 Å². The smallest absolute Gasteiger partial charge is 0.243 e. The predicted molar refractivity (Wildman–Crippen MR) is 123 cm³/mol. The molecule has 7 heteroatoms. The zero-order chi connectivity index (χ0) is 21.8. The maximum atomic E-state index is 13.8. The van der Waals surface area contributed by atoms with Gasteiger partial charge in [-0.3, -0.25) is 14.5 Å². The summed E-state index contributed by atoms with van der Waals surface area (Å²) >= 11 is 9.61. The van der Waals surface area contributed by atoms with Crippen LogP contribution in [0.4, 0.5) is 0 Å². The summed E-state index contributed by atoms with van der Waals surface area (Å²) in [7, 11) is 3.01. The van der Waals surface area contributed by atoms with Crippen molar-refractivity contribution in [1.29, 1.82) is 0 Å². The molecule has 2 aromatic rings. The van der Waals surface area contributed by atoms with E-state index >= 15 is 0 Å². The second kappa shape index (κ2) is 9.56. The Kier molecular flexibility index (Phi) is 7.29. The van der Waals surface area contributed by atoms with Gasteiger partial charge in [-0.25, -0.2) is 0 Å². The summed E-state index contributed by atoms with van der Waals surface area (Å²) in [5.74, 6) is -1.24. The highest BCUT2D eigenvalue weighted by molar-refractivity contribution is 7.83. The number of carbonyl (C=O) groups excluding carboxylic acids is 2. The number of rotatable bonds is 8. The van der Waals surface area contributed by atoms with E-state index in [0.717, 1.165) is 11.1 Å². The van der Waals surface area contributed by atoms with E-state index in [1.54, 1.807) is 0 Å². The van der Waals surface area contributed by atoms with Gasteiger partial charge in [0.2, 0.25) is 5.91 Å². The molecule has 0 spiro atoms. The molecule has 0 saturated carbocycles. The Bertz CT molecular complexity index is 806. The Morgan fingerprint density at radius 1 is 0.867 bits per heavy atom. The lowest BCUT2D eigenvalue weighted by atomic mass is 9.75. The summed E-state index contributed by atoms with van der Waals surface area (Å²) in [5, 5.41) is 0. The fraction of sp³-hybridized carbons (Fsp3) is 0.391. The fourth-order valence-corrected chi connectivity index (χ4v) is 5.01. The van der Waals surface area contributed by atoms with Gasteiger partial charge in [-0.05, 0) is 17.5 Å². The van der Waals surface area contributed by atoms with Crippen molar-refractivity contribution in [2.45, 2.75) is 22.5 Å². The number of piperidine rings is 1. The first-order valence-corrected chi connectivity index (χ1v) is 10.6. The van der Waals surface area contributed by atoms with Gasteiger partial charge in [-0.2, -0.15) is 12.6 Å². The molecule has 0 aliphatic carbocycles. The highest BCUT2D eigenvalue weighted by atomic mass is 32.1. The van der Waals surface area contributed by atoms with Crippen LogP contribution in [0.15, 0.2) is 60.7 Å². The quantitative estimate of drug-likeness (QED) is 0.614. The summed E-state index contributed by atoms with van der Waals surface area (Å²) in [5.41, 5.74) is 1.82. The van der Waals surface area contributed by atoms with Gasteiger partial charge in [0, 0.05) is 20.6 Å². The van der Waals surface area contributed by atoms with Crippen molar-refractivity contribution in [3.8, 4) is 0 Å². The molecule has 0 bridgehead atoms. The van der Waals surface area contributed by atoms with E-state index in [1.165, 1.54) is 19.1 Å². The van der Waals surface area contributed by atoms with Crippen LogP contribution in [0, 0.1) is 5.92 Å². The van der Waals surface area contributed by atoms with Crippen LogP contribution in [0.3, 0.4) is 0 Å². The standard InChI is InChI=1S/C23H27NO4S2/c1-27-15-19-20(25)23(30,14-18-11-7-4-8-12-18)24(16-28-2)21(26)22(19,29)13-17-9-5-3-6-10-17/h3-12,19,29-30H,13-16H2,1-2H3. The summed E-state index contributed by atoms with van der Waals surface area (Å²) in [6, 6.07) is 19.1. The first-order chi connectivity index (χ1) is 14.4. The Morgan fingerprint density at radius 2 is 1.40 bits per heavy atom. The third kappa shape index (κ3) is 4.30. The molecule has 1 aliphatic heterocycles. The van der Waals surface area contributed by atoms with Crippen molar-refractivity contribution in [3.63, 3.8) is 0 Å². The average molecular weight is 446 g/mol. The number of likely N-dealkylation sites (tertiary alicyclic amines) is 1. The van der Waals surface area contributed by atoms with Crippen molar-refractivity contribution in [3.05, 3.63) is 71.8 Å². The highest BCUT2D eigenvalue weighted by Gasteiger charge is 2.61. The van der Waals surface area contributed by atoms with Gasteiger partial charge in [0.25, 0.3) is 0 Å². The second-order valence-corrected chi connectivity index (χ2v) is 9.13. The number of ether oxygens (including phenoxy) is 2. The van der Waals surface area contributed by atoms with Gasteiger partial charge < -0.3 is 9.47 Å². The molecule has 2 aromatic carbocycles. The van der Waals surface area contributed by atoms with Crippen molar-refractivity contribution in [2.75, 3.05) is 27.6 Å². The van der Waals surface area contributed by atoms with Crippen LogP contribution in [0.25, 0.3) is 0 Å². The second-order valence-electron chi connectivity index (χ2n) is 7.59. The third-order valence-electron chi connectivity index (χ3n) is 5.55. The van der Waals surface area contributed by atoms with E-state index in [2.05, 4.69) is 0 Å². The first kappa shape index (κ1) is 22.9. The Labute approximate surface area is 188 Å². The molecule has 1 fully saturated rings. The minimum atomic E-state index is -1.36. The summed E-state index contributed by atoms with van der Waals surface area (Å²) in [6.07, 6.45) is 0.561. The Hall–Kier alpha value is -1.80. The summed E-state index contributed by atoms with van der Waals surface area (Å²) < 4.78 is 9.41. The Balaban J connectivity index is 2.05. The van der Waals surface area contributed by atoms with Crippen LogP contribution < -0.4 is 0 Å². The van der Waals surface area contributed by atoms with Gasteiger partial charge in [0.1, 0.15) is 11.5 Å². The fourth-order valence-electron chi connectivity index (χ4n) is 4.02. The lowest BCUT2D eigenvalue weighted by molar-refractivity contribution is -0.162. The molecule has 1 aliphatic rings. The third-order valence-corrected chi connectivity index (χ3v) is 6.83. The van der Waals surface area contributed by atoms with E-state index in [1.807, 2.05) is 60.7 Å². The molecule has 160 valence electrons. The number of carbonyl (C=O) groups is 2. The lowest BCUT2D eigenvalue weighted by Gasteiger charge is -2.51. The van der Waals surface area contributed by atoms with Gasteiger partial charge in [-0.1, -0.05) is 60.7 Å². The van der Waals surface area contributed by atoms with Crippen LogP contribution in [0.1, 0.15) is 11.1 Å². The number of Topliss-reactive ketones (excluding diaryl/α,β-unsaturated/α-hetero) is 1. The van der Waals surface area contributed by atoms with Crippen LogP contribution in [-0.2, 0) is 31.9 Å². The van der Waals surface area contributed by atoms with Crippen LogP contribution in [0.2, 0.25) is 0 Å². The van der Waals surface area contributed by atoms with Crippen LogP contribution >= 0.6 is 25.3 Å². The van der Waals surface area contributed by atoms with E-state index in [0.29, 0.717) is 6.42 Å². The van der Waals surface area contributed by atoms with E-state index in [4.69, 9.17) is 34.7 Å². The van der Waals surface area contributed by atoms with E-state index in [-0.39, 0.29) is 31.4 Å². The van der Waals surface area contributed by atoms with Crippen molar-refractivity contribution >= 4 is 36.9 Å². The minimum absolute atomic E-state index is 0.0578. The molecule has 0 radical (unpaired) electrons. The molecule has 3 atom stereocenters. The van der Waals surface area contributed by atoms with Crippen molar-refractivity contribution < 1.29 is 19.1 Å². The largest absolute Gasteiger partial charge is 0.384 e. The summed E-state index contributed by atoms with van der Waals surface area (Å²) in [4.78, 5) is 27.7. The number of ketones is 1. The maximum absolute atomic E-state index is 13.8. The molecule has 1 saturated heterocycles. The van der Waals surface area contributed by atoms with Gasteiger partial charge >= 0.3 is 0 Å². The maximum Gasteiger partial charge on any atom is 0.243 e. The monoisotopic (exact) mass is 445 g/mol. The summed E-state index contributed by atoms with van der Waals surface area (Å²) in [6.45, 7) is 0.0243. The van der Waals surface area contributed by atoms with Gasteiger partial charge in [-0.15, -0.1) is 12.6 Å². The number of hydrogen-bond acceptors (Lipinski definition) is 6. The number of nitrogens with zero attached hydrogens (tertiary/aromatic N) is 1. The average Bonchev–Trinajstić information content (AvgIpc) is 2.75. The minimum Gasteiger partial charge on any atom is -0.384 e. The zero-order valence-electron chi connectivity index (χ0n) is 17.2. The van der Waals surface area contributed by atoms with Crippen molar-refractivity contribution in [1.82, 2.24) is 4.90 Å². The van der Waals surface area contributed by atoms with E-state index < -0.39 is 15.5 Å². The number of amides is 1. The number of thiol groups is 2. The topological polar surface area (TPSA) is 55.8 Å². The number of hydrogen-bond donors (Lipinski definition) is 2. The van der Waals surface area contributed by atoms with Crippen molar-refractivity contribution in [2.24, 2.45) is 5.92 Å².